The summed E-state index contributed by atoms with van der Waals surface area (Å²) in [5.41, 5.74) is -5.24. The first-order valence-electron chi connectivity index (χ1n) is 12.0. The third-order valence-electron chi connectivity index (χ3n) is 6.44. The molecule has 0 aliphatic rings. The standard InChI is InChI=1S/C25H20F4N8O4S/c1-42(40,41)19-6-2-16(3-7-19)12-37-23(38)36(15-32-37)18-5-9-22(30-11-18)25(28,29)24(39,13-35-14-31-33-34-35)20-8-4-17(26)10-21(20)27/h2-11,14-15,39H,12-13H2,1H3. The molecule has 0 aliphatic carbocycles. The summed E-state index contributed by atoms with van der Waals surface area (Å²) in [6, 6.07) is 9.59. The third-order valence-corrected chi connectivity index (χ3v) is 7.57. The van der Waals surface area contributed by atoms with Gasteiger partial charge in [0.15, 0.2) is 15.4 Å². The second kappa shape index (κ2) is 10.6. The fourth-order valence-electron chi connectivity index (χ4n) is 4.23. The summed E-state index contributed by atoms with van der Waals surface area (Å²) in [4.78, 5) is 16.8. The molecule has 1 unspecified atom stereocenters. The lowest BCUT2D eigenvalue weighted by atomic mass is 9.84. The molecule has 42 heavy (non-hydrogen) atoms. The molecule has 17 heteroatoms. The van der Waals surface area contributed by atoms with Crippen molar-refractivity contribution in [3.63, 3.8) is 0 Å². The fraction of sp³-hybridized carbons (Fsp3) is 0.200. The smallest absolute Gasteiger partial charge is 0.350 e. The van der Waals surface area contributed by atoms with Crippen LogP contribution >= 0.6 is 0 Å². The number of pyridine rings is 1. The normalized spacial score (nSPS) is 13.7. The summed E-state index contributed by atoms with van der Waals surface area (Å²) in [5, 5.41) is 25.4. The van der Waals surface area contributed by atoms with E-state index < -0.39 is 56.5 Å². The zero-order chi connectivity index (χ0) is 30.3. The van der Waals surface area contributed by atoms with Gasteiger partial charge in [0.1, 0.15) is 30.0 Å². The molecule has 1 atom stereocenters. The Kier molecular flexibility index (Phi) is 7.23. The molecule has 2 aromatic carbocycles. The first kappa shape index (κ1) is 28.7. The highest BCUT2D eigenvalue weighted by atomic mass is 32.2. The van der Waals surface area contributed by atoms with Gasteiger partial charge in [-0.3, -0.25) is 4.98 Å². The number of tetrazole rings is 1. The number of benzene rings is 2. The molecule has 3 aromatic heterocycles. The molecule has 0 bridgehead atoms. The first-order valence-corrected chi connectivity index (χ1v) is 13.9. The molecule has 0 amide bonds. The van der Waals surface area contributed by atoms with Crippen molar-refractivity contribution < 1.29 is 31.1 Å². The van der Waals surface area contributed by atoms with E-state index in [4.69, 9.17) is 0 Å². The predicted octanol–water partition coefficient (Wildman–Crippen LogP) is 1.83. The van der Waals surface area contributed by atoms with Crippen molar-refractivity contribution in [1.29, 1.82) is 0 Å². The molecule has 0 aliphatic heterocycles. The van der Waals surface area contributed by atoms with Crippen LogP contribution in [0.2, 0.25) is 0 Å². The number of halogens is 4. The average molecular weight is 605 g/mol. The van der Waals surface area contributed by atoms with Gasteiger partial charge in [0.05, 0.1) is 29.9 Å². The van der Waals surface area contributed by atoms with Crippen LogP contribution < -0.4 is 5.69 Å². The Hall–Kier alpha value is -4.77. The minimum Gasteiger partial charge on any atom is -0.377 e. The van der Waals surface area contributed by atoms with E-state index in [-0.39, 0.29) is 17.1 Å². The number of nitrogens with zero attached hydrogens (tertiary/aromatic N) is 8. The molecule has 0 radical (unpaired) electrons. The van der Waals surface area contributed by atoms with Crippen LogP contribution in [0.25, 0.3) is 5.69 Å². The van der Waals surface area contributed by atoms with Crippen molar-refractivity contribution in [3.05, 3.63) is 112 Å². The van der Waals surface area contributed by atoms with Gasteiger partial charge in [0, 0.05) is 17.9 Å². The third kappa shape index (κ3) is 5.30. The van der Waals surface area contributed by atoms with Gasteiger partial charge in [-0.05, 0) is 52.4 Å². The highest BCUT2D eigenvalue weighted by Gasteiger charge is 2.58. The highest BCUT2D eigenvalue weighted by molar-refractivity contribution is 7.90. The number of hydrogen-bond acceptors (Lipinski definition) is 9. The van der Waals surface area contributed by atoms with Crippen molar-refractivity contribution in [2.45, 2.75) is 29.5 Å². The van der Waals surface area contributed by atoms with Crippen LogP contribution in [0.5, 0.6) is 0 Å². The zero-order valence-electron chi connectivity index (χ0n) is 21.5. The maximum Gasteiger partial charge on any atom is 0.350 e. The molecule has 5 rings (SSSR count). The topological polar surface area (TPSA) is 151 Å². The highest BCUT2D eigenvalue weighted by Crippen LogP contribution is 2.46. The van der Waals surface area contributed by atoms with Crippen molar-refractivity contribution in [3.8, 4) is 5.69 Å². The summed E-state index contributed by atoms with van der Waals surface area (Å²) in [6.07, 6.45) is 4.09. The number of rotatable bonds is 9. The summed E-state index contributed by atoms with van der Waals surface area (Å²) >= 11 is 0. The van der Waals surface area contributed by atoms with E-state index in [1.165, 1.54) is 24.3 Å². The largest absolute Gasteiger partial charge is 0.377 e. The van der Waals surface area contributed by atoms with Gasteiger partial charge in [-0.1, -0.05) is 12.1 Å². The van der Waals surface area contributed by atoms with Gasteiger partial charge in [0.25, 0.3) is 0 Å². The minimum atomic E-state index is -4.27. The Balaban J connectivity index is 1.45. The number of hydrogen-bond donors (Lipinski definition) is 1. The van der Waals surface area contributed by atoms with Gasteiger partial charge < -0.3 is 5.11 Å². The van der Waals surface area contributed by atoms with E-state index in [0.717, 1.165) is 57.2 Å². The van der Waals surface area contributed by atoms with Crippen LogP contribution in [0.1, 0.15) is 16.8 Å². The Morgan fingerprint density at radius 3 is 2.33 bits per heavy atom. The first-order chi connectivity index (χ1) is 19.8. The van der Waals surface area contributed by atoms with Crippen molar-refractivity contribution in [1.82, 2.24) is 39.5 Å². The average Bonchev–Trinajstić information content (AvgIpc) is 3.58. The molecule has 3 heterocycles. The summed E-state index contributed by atoms with van der Waals surface area (Å²) in [5.74, 6) is -6.74. The minimum absolute atomic E-state index is 0.00708. The van der Waals surface area contributed by atoms with E-state index in [0.29, 0.717) is 17.7 Å². The van der Waals surface area contributed by atoms with Gasteiger partial charge in [-0.2, -0.15) is 13.9 Å². The van der Waals surface area contributed by atoms with Gasteiger partial charge in [-0.15, -0.1) is 5.10 Å². The fourth-order valence-corrected chi connectivity index (χ4v) is 4.86. The van der Waals surface area contributed by atoms with Gasteiger partial charge in [0.2, 0.25) is 0 Å². The van der Waals surface area contributed by atoms with E-state index in [1.807, 2.05) is 0 Å². The predicted molar refractivity (Wildman–Crippen MR) is 136 cm³/mol. The molecule has 12 nitrogen and oxygen atoms in total. The monoisotopic (exact) mass is 604 g/mol. The molecule has 0 saturated carbocycles. The maximum absolute atomic E-state index is 15.9. The van der Waals surface area contributed by atoms with E-state index >= 15 is 8.78 Å². The van der Waals surface area contributed by atoms with Gasteiger partial charge in [-0.25, -0.2) is 35.9 Å². The second-order valence-electron chi connectivity index (χ2n) is 9.33. The molecule has 0 fully saturated rings. The Morgan fingerprint density at radius 1 is 1.00 bits per heavy atom. The Morgan fingerprint density at radius 2 is 1.74 bits per heavy atom. The van der Waals surface area contributed by atoms with Crippen molar-refractivity contribution >= 4 is 9.84 Å². The van der Waals surface area contributed by atoms with Crippen LogP contribution in [-0.2, 0) is 34.5 Å². The van der Waals surface area contributed by atoms with Gasteiger partial charge >= 0.3 is 11.6 Å². The number of aliphatic hydroxyl groups is 1. The van der Waals surface area contributed by atoms with Crippen LogP contribution in [0, 0.1) is 11.6 Å². The van der Waals surface area contributed by atoms with Crippen LogP contribution in [0.15, 0.2) is 83.1 Å². The van der Waals surface area contributed by atoms with Crippen LogP contribution in [0.3, 0.4) is 0 Å². The molecule has 0 saturated heterocycles. The summed E-state index contributed by atoms with van der Waals surface area (Å²) in [7, 11) is -3.40. The van der Waals surface area contributed by atoms with E-state index in [9.17, 15) is 27.1 Å². The second-order valence-corrected chi connectivity index (χ2v) is 11.3. The molecule has 5 aromatic rings. The number of alkyl halides is 2. The van der Waals surface area contributed by atoms with E-state index in [2.05, 4.69) is 25.6 Å². The van der Waals surface area contributed by atoms with Crippen LogP contribution in [0.4, 0.5) is 17.6 Å². The van der Waals surface area contributed by atoms with Crippen molar-refractivity contribution in [2.75, 3.05) is 6.26 Å². The van der Waals surface area contributed by atoms with Crippen LogP contribution in [-0.4, -0.2) is 59.3 Å². The van der Waals surface area contributed by atoms with Crippen molar-refractivity contribution in [2.24, 2.45) is 0 Å². The molecule has 218 valence electrons. The van der Waals surface area contributed by atoms with E-state index in [1.54, 1.807) is 0 Å². The molecule has 0 spiro atoms. The zero-order valence-corrected chi connectivity index (χ0v) is 22.3. The lowest BCUT2D eigenvalue weighted by Gasteiger charge is -2.35. The lowest BCUT2D eigenvalue weighted by molar-refractivity contribution is -0.207. The number of aromatic nitrogens is 8. The summed E-state index contributed by atoms with van der Waals surface area (Å²) in [6.45, 7) is -1.02. The maximum atomic E-state index is 15.9. The Labute approximate surface area is 234 Å². The molecular formula is C25H20F4N8O4S. The molecule has 1 N–H and O–H groups in total. The molecular weight excluding hydrogens is 584 g/mol. The number of sulfone groups is 1. The SMILES string of the molecule is CS(=O)(=O)c1ccc(Cn2ncn(-c3ccc(C(F)(F)C(O)(Cn4cnnn4)c4ccc(F)cc4F)nc3)c2=O)cc1. The Bertz CT molecular complexity index is 1890. The quantitative estimate of drug-likeness (QED) is 0.249. The lowest BCUT2D eigenvalue weighted by Crippen LogP contribution is -2.48. The summed E-state index contributed by atoms with van der Waals surface area (Å²) < 4.78 is 86.3.